The Kier molecular flexibility index (Phi) is 12.1. The van der Waals surface area contributed by atoms with Crippen LogP contribution in [0, 0.1) is 0 Å². The maximum absolute atomic E-state index is 6.75. The fourth-order valence-corrected chi connectivity index (χ4v) is 6.46. The second kappa shape index (κ2) is 14.4. The first-order valence-corrected chi connectivity index (χ1v) is 21.6. The Bertz CT molecular complexity index is 1020. The van der Waals surface area contributed by atoms with Crippen LogP contribution in [0.5, 0.6) is 0 Å². The average molecular weight is 631 g/mol. The van der Waals surface area contributed by atoms with E-state index in [0.717, 1.165) is 11.1 Å². The number of hydrogen-bond donors (Lipinski definition) is 0. The summed E-state index contributed by atoms with van der Waals surface area (Å²) in [5.41, 5.74) is 2.21. The van der Waals surface area contributed by atoms with E-state index in [-0.39, 0.29) is 22.3 Å². The second-order valence-electron chi connectivity index (χ2n) is 15.4. The van der Waals surface area contributed by atoms with Crippen molar-refractivity contribution in [3.63, 3.8) is 0 Å². The Morgan fingerprint density at radius 2 is 0.953 bits per heavy atom. The monoisotopic (exact) mass is 630 g/mol. The van der Waals surface area contributed by atoms with Gasteiger partial charge in [-0.2, -0.15) is 0 Å². The third kappa shape index (κ3) is 10.3. The van der Waals surface area contributed by atoms with Crippen LogP contribution in [0.1, 0.15) is 66.5 Å². The smallest absolute Gasteiger partial charge is 0.192 e. The Morgan fingerprint density at radius 3 is 1.26 bits per heavy atom. The second-order valence-corrected chi connectivity index (χ2v) is 25.0. The molecule has 3 rings (SSSR count). The molecule has 4 unspecified atom stereocenters. The van der Waals surface area contributed by atoms with Crippen molar-refractivity contribution in [1.82, 2.24) is 0 Å². The largest absolute Gasteiger partial charge is 0.414 e. The molecule has 1 saturated heterocycles. The van der Waals surface area contributed by atoms with Gasteiger partial charge in [0.25, 0.3) is 0 Å². The van der Waals surface area contributed by atoms with Crippen LogP contribution in [0.25, 0.3) is 0 Å². The zero-order valence-electron chi connectivity index (χ0n) is 28.9. The van der Waals surface area contributed by atoms with E-state index < -0.39 is 34.6 Å². The molecule has 2 aromatic rings. The molecule has 0 spiro atoms. The lowest BCUT2D eigenvalue weighted by molar-refractivity contribution is -0.169. The molecule has 8 heteroatoms. The van der Waals surface area contributed by atoms with Gasteiger partial charge in [-0.3, -0.25) is 0 Å². The molecule has 4 atom stereocenters. The van der Waals surface area contributed by atoms with Crippen molar-refractivity contribution in [3.05, 3.63) is 71.8 Å². The van der Waals surface area contributed by atoms with Crippen molar-refractivity contribution >= 4 is 16.6 Å². The maximum Gasteiger partial charge on any atom is 0.192 e. The molecule has 0 aliphatic carbocycles. The molecule has 1 fully saturated rings. The molecular formula is C35H58O6Si2. The summed E-state index contributed by atoms with van der Waals surface area (Å²) in [5, 5.41) is 0.141. The van der Waals surface area contributed by atoms with Gasteiger partial charge in [0.15, 0.2) is 22.4 Å². The third-order valence-electron chi connectivity index (χ3n) is 9.34. The normalized spacial score (nSPS) is 21.1. The van der Waals surface area contributed by atoms with Crippen LogP contribution in [0.2, 0.25) is 36.3 Å². The summed E-state index contributed by atoms with van der Waals surface area (Å²) in [5.74, 6) is -0.813. The molecule has 0 saturated carbocycles. The minimum absolute atomic E-state index is 0.0705. The highest BCUT2D eigenvalue weighted by Crippen LogP contribution is 2.40. The molecule has 43 heavy (non-hydrogen) atoms. The van der Waals surface area contributed by atoms with Gasteiger partial charge in [-0.25, -0.2) is 0 Å². The number of ether oxygens (including phenoxy) is 4. The van der Waals surface area contributed by atoms with Crippen LogP contribution in [-0.4, -0.2) is 60.1 Å². The van der Waals surface area contributed by atoms with Gasteiger partial charge in [0.05, 0.1) is 26.4 Å². The molecule has 0 radical (unpaired) electrons. The topological polar surface area (TPSA) is 55.4 Å². The van der Waals surface area contributed by atoms with E-state index >= 15 is 0 Å². The molecular weight excluding hydrogens is 573 g/mol. The minimum atomic E-state index is -2.06. The average Bonchev–Trinajstić information content (AvgIpc) is 3.23. The Balaban J connectivity index is 1.93. The molecule has 1 aliphatic rings. The van der Waals surface area contributed by atoms with E-state index in [0.29, 0.717) is 26.4 Å². The summed E-state index contributed by atoms with van der Waals surface area (Å²) < 4.78 is 40.1. The lowest BCUT2D eigenvalue weighted by Crippen LogP contribution is -2.51. The first-order valence-electron chi connectivity index (χ1n) is 15.8. The quantitative estimate of drug-likeness (QED) is 0.195. The maximum atomic E-state index is 6.75. The van der Waals surface area contributed by atoms with Gasteiger partial charge >= 0.3 is 0 Å². The standard InChI is InChI=1S/C35H58O6Si2/c1-33(2,3)42(9,10)38-25-29(36-23-27-19-15-13-16-20-27)31-32(41-35(7,8)40-31)30(26-39-43(11,12)34(4,5)6)37-24-28-21-17-14-18-22-28/h13-22,29-32H,23-26H2,1-12H3. The van der Waals surface area contributed by atoms with Crippen LogP contribution in [-0.2, 0) is 41.0 Å². The van der Waals surface area contributed by atoms with Gasteiger partial charge in [-0.15, -0.1) is 0 Å². The lowest BCUT2D eigenvalue weighted by Gasteiger charge is -2.40. The predicted octanol–water partition coefficient (Wildman–Crippen LogP) is 8.72. The van der Waals surface area contributed by atoms with Crippen LogP contribution in [0.3, 0.4) is 0 Å². The SMILES string of the molecule is CC1(C)OC(C(CO[Si](C)(C)C(C)(C)C)OCc2ccccc2)C(C(CO[Si](C)(C)C(C)(C)C)OCc2ccccc2)O1. The number of benzene rings is 2. The highest BCUT2D eigenvalue weighted by molar-refractivity contribution is 6.74. The summed E-state index contributed by atoms with van der Waals surface area (Å²) in [7, 11) is -4.12. The van der Waals surface area contributed by atoms with Crippen molar-refractivity contribution in [3.8, 4) is 0 Å². The van der Waals surface area contributed by atoms with Crippen LogP contribution >= 0.6 is 0 Å². The molecule has 0 bridgehead atoms. The summed E-state index contributed by atoms with van der Waals surface area (Å²) in [6, 6.07) is 20.5. The van der Waals surface area contributed by atoms with Gasteiger partial charge < -0.3 is 27.8 Å². The fourth-order valence-electron chi connectivity index (χ4n) is 4.44. The molecule has 2 aromatic carbocycles. The summed E-state index contributed by atoms with van der Waals surface area (Å²) in [6.45, 7) is 28.3. The first kappa shape index (κ1) is 36.1. The molecule has 0 N–H and O–H groups in total. The summed E-state index contributed by atoms with van der Waals surface area (Å²) >= 11 is 0. The Morgan fingerprint density at radius 1 is 0.628 bits per heavy atom. The summed E-state index contributed by atoms with van der Waals surface area (Å²) in [6.07, 6.45) is -1.55. The van der Waals surface area contributed by atoms with Crippen molar-refractivity contribution in [2.75, 3.05) is 13.2 Å². The molecule has 1 aliphatic heterocycles. The van der Waals surface area contributed by atoms with E-state index in [1.54, 1.807) is 0 Å². The van der Waals surface area contributed by atoms with E-state index in [2.05, 4.69) is 92.0 Å². The highest BCUT2D eigenvalue weighted by Gasteiger charge is 2.51. The third-order valence-corrected chi connectivity index (χ3v) is 18.3. The van der Waals surface area contributed by atoms with Gasteiger partial charge in [-0.1, -0.05) is 102 Å². The van der Waals surface area contributed by atoms with Gasteiger partial charge in [0.1, 0.15) is 24.4 Å². The fraction of sp³-hybridized carbons (Fsp3) is 0.657. The zero-order valence-corrected chi connectivity index (χ0v) is 30.9. The van der Waals surface area contributed by atoms with E-state index in [1.807, 2.05) is 50.2 Å². The number of hydrogen-bond acceptors (Lipinski definition) is 6. The first-order chi connectivity index (χ1) is 19.8. The van der Waals surface area contributed by atoms with Crippen molar-refractivity contribution in [2.24, 2.45) is 0 Å². The van der Waals surface area contributed by atoms with Gasteiger partial charge in [0, 0.05) is 0 Å². The van der Waals surface area contributed by atoms with E-state index in [4.69, 9.17) is 27.8 Å². The lowest BCUT2D eigenvalue weighted by atomic mass is 10.0. The van der Waals surface area contributed by atoms with Crippen molar-refractivity contribution in [1.29, 1.82) is 0 Å². The van der Waals surface area contributed by atoms with Crippen molar-refractivity contribution in [2.45, 2.75) is 135 Å². The van der Waals surface area contributed by atoms with E-state index in [1.165, 1.54) is 0 Å². The Hall–Kier alpha value is -1.37. The Labute approximate surface area is 264 Å². The van der Waals surface area contributed by atoms with Gasteiger partial charge in [-0.05, 0) is 61.2 Å². The number of rotatable bonds is 14. The predicted molar refractivity (Wildman–Crippen MR) is 180 cm³/mol. The molecule has 242 valence electrons. The minimum Gasteiger partial charge on any atom is -0.414 e. The van der Waals surface area contributed by atoms with Crippen LogP contribution in [0.4, 0.5) is 0 Å². The highest BCUT2D eigenvalue weighted by atomic mass is 28.4. The zero-order chi connectivity index (χ0) is 32.1. The van der Waals surface area contributed by atoms with Gasteiger partial charge in [0.2, 0.25) is 0 Å². The molecule has 0 amide bonds. The van der Waals surface area contributed by atoms with Crippen LogP contribution < -0.4 is 0 Å². The molecule has 0 aromatic heterocycles. The summed E-state index contributed by atoms with van der Waals surface area (Å²) in [4.78, 5) is 0. The van der Waals surface area contributed by atoms with E-state index in [9.17, 15) is 0 Å². The van der Waals surface area contributed by atoms with Crippen LogP contribution in [0.15, 0.2) is 60.7 Å². The molecule has 1 heterocycles. The molecule has 6 nitrogen and oxygen atoms in total. The van der Waals surface area contributed by atoms with Crippen molar-refractivity contribution < 1.29 is 27.8 Å².